The van der Waals surface area contributed by atoms with Crippen molar-refractivity contribution < 1.29 is 56.8 Å². The summed E-state index contributed by atoms with van der Waals surface area (Å²) in [6, 6.07) is 35.7. The predicted molar refractivity (Wildman–Crippen MR) is 347 cm³/mol. The van der Waals surface area contributed by atoms with Crippen molar-refractivity contribution in [1.82, 2.24) is 25.6 Å². The highest BCUT2D eigenvalue weighted by Gasteiger charge is 2.40. The van der Waals surface area contributed by atoms with E-state index >= 15 is 0 Å². The number of aliphatic hydroxyl groups is 1. The molecule has 6 aromatic rings. The van der Waals surface area contributed by atoms with E-state index in [1.54, 1.807) is 33.2 Å². The molecule has 3 aliphatic heterocycles. The molecule has 9 rings (SSSR count). The van der Waals surface area contributed by atoms with Gasteiger partial charge in [-0.25, -0.2) is 4.79 Å². The Hall–Kier alpha value is -7.91. The maximum Gasteiger partial charge on any atom is 0.519 e. The van der Waals surface area contributed by atoms with Gasteiger partial charge < -0.3 is 48.3 Å². The van der Waals surface area contributed by atoms with Gasteiger partial charge in [0.25, 0.3) is 11.8 Å². The van der Waals surface area contributed by atoms with Gasteiger partial charge in [0.1, 0.15) is 17.2 Å². The van der Waals surface area contributed by atoms with Crippen LogP contribution in [0, 0.1) is 28.6 Å². The fourth-order valence-corrected chi connectivity index (χ4v) is 10.8. The first-order chi connectivity index (χ1) is 43.3. The largest absolute Gasteiger partial charge is 0.519 e. The standard InChI is InChI=1S/C29H36N4O5.C24H27N3O4.C9H14O3.C9H18O/c1-29(28(35)36-3,20-38-26-11-7-8-16-37-26)18-24(30-27(34)25-19-33(2)32-31-25)17-21-12-14-23(15-13-21)22-9-5-4-6-10-22;1-24(16-28,23(30)31-2)15-20(26-22(29)21-12-13-25-27-21)14-17-8-10-19(11-9-17)18-6-4-3-5-7-18;1-6-7(5-9(2,3)4)12-8(10)11-6;1-9(2,3)8-6-4-5-7-10-8/h4-6,9-10,12-15,19,24,26H,7-8,11,16-18,20H2,1-3H3,(H,30,34);3-12,20,28H,13-16H2,1-2H3,(H,26,29);5H2,1-4H3;8H,4-7H2,1-3H3/t24-,26?,29+;20-,24+;;/m11../s1. The van der Waals surface area contributed by atoms with E-state index in [0.717, 1.165) is 65.7 Å². The molecule has 2 fully saturated rings. The minimum Gasteiger partial charge on any atom is -0.469 e. The number of benzene rings is 4. The van der Waals surface area contributed by atoms with Crippen molar-refractivity contribution in [2.45, 2.75) is 157 Å². The van der Waals surface area contributed by atoms with Gasteiger partial charge in [-0.05, 0) is 135 Å². The molecule has 6 atom stereocenters. The number of methoxy groups -OCH3 is 2. The molecule has 20 nitrogen and oxygen atoms in total. The van der Waals surface area contributed by atoms with Crippen LogP contribution in [-0.2, 0) is 64.4 Å². The molecule has 2 saturated heterocycles. The summed E-state index contributed by atoms with van der Waals surface area (Å²) in [4.78, 5) is 61.5. The smallest absolute Gasteiger partial charge is 0.469 e. The molecular formula is C71H95N7O13. The third kappa shape index (κ3) is 23.4. The van der Waals surface area contributed by atoms with E-state index in [1.807, 2.05) is 91.9 Å². The van der Waals surface area contributed by atoms with E-state index < -0.39 is 40.7 Å². The number of ether oxygens (including phenoxy) is 5. The maximum absolute atomic E-state index is 13.0. The topological polar surface area (TPSA) is 257 Å². The second-order valence-electron chi connectivity index (χ2n) is 26.3. The summed E-state index contributed by atoms with van der Waals surface area (Å²) in [5.41, 5.74) is 5.27. The van der Waals surface area contributed by atoms with Crippen molar-refractivity contribution in [2.24, 2.45) is 38.9 Å². The van der Waals surface area contributed by atoms with Crippen molar-refractivity contribution in [1.29, 1.82) is 0 Å². The molecule has 91 heavy (non-hydrogen) atoms. The summed E-state index contributed by atoms with van der Waals surface area (Å²) in [5.74, 6) is -0.973. The van der Waals surface area contributed by atoms with Crippen LogP contribution in [0.25, 0.3) is 22.3 Å². The Balaban J connectivity index is 0.000000219. The third-order valence-electron chi connectivity index (χ3n) is 15.9. The molecule has 0 bridgehead atoms. The highest BCUT2D eigenvalue weighted by atomic mass is 16.7. The number of carbonyl (C=O) groups is 4. The molecule has 0 saturated carbocycles. The van der Waals surface area contributed by atoms with Crippen molar-refractivity contribution in [3.8, 4) is 22.3 Å². The van der Waals surface area contributed by atoms with E-state index in [4.69, 9.17) is 32.5 Å². The molecule has 2 unspecified atom stereocenters. The first-order valence-corrected chi connectivity index (χ1v) is 31.4. The monoisotopic (exact) mass is 1250 g/mol. The number of aryl methyl sites for hydroxylation is 2. The first kappa shape index (κ1) is 72.2. The second kappa shape index (κ2) is 34.5. The minimum absolute atomic E-state index is 0.116. The number of amides is 2. The van der Waals surface area contributed by atoms with Crippen LogP contribution in [0.15, 0.2) is 151 Å². The van der Waals surface area contributed by atoms with E-state index in [9.17, 15) is 29.1 Å². The third-order valence-corrected chi connectivity index (χ3v) is 15.9. The lowest BCUT2D eigenvalue weighted by Gasteiger charge is -2.33. The minimum atomic E-state index is -1.14. The Bertz CT molecular complexity index is 3330. The fraction of sp³-hybridized carbons (Fsp3) is 0.507. The summed E-state index contributed by atoms with van der Waals surface area (Å²) in [6.07, 6.45) is 12.3. The number of carbonyl (C=O) groups excluding carboxylic acids is 4. The van der Waals surface area contributed by atoms with Gasteiger partial charge in [-0.3, -0.25) is 23.9 Å². The zero-order valence-electron chi connectivity index (χ0n) is 55.3. The van der Waals surface area contributed by atoms with Crippen LogP contribution in [0.5, 0.6) is 0 Å². The quantitative estimate of drug-likeness (QED) is 0.0566. The van der Waals surface area contributed by atoms with Crippen LogP contribution in [0.1, 0.15) is 140 Å². The molecule has 20 heteroatoms. The van der Waals surface area contributed by atoms with Gasteiger partial charge in [-0.1, -0.05) is 156 Å². The van der Waals surface area contributed by atoms with Crippen molar-refractivity contribution in [3.05, 3.63) is 166 Å². The maximum atomic E-state index is 13.0. The predicted octanol–water partition coefficient (Wildman–Crippen LogP) is 12.0. The van der Waals surface area contributed by atoms with Crippen LogP contribution >= 0.6 is 0 Å². The first-order valence-electron chi connectivity index (χ1n) is 31.4. The Morgan fingerprint density at radius 2 is 1.19 bits per heavy atom. The fourth-order valence-electron chi connectivity index (χ4n) is 10.8. The molecule has 2 amide bonds. The van der Waals surface area contributed by atoms with Gasteiger partial charge in [0.15, 0.2) is 12.0 Å². The molecule has 492 valence electrons. The van der Waals surface area contributed by atoms with Crippen LogP contribution in [0.2, 0.25) is 0 Å². The summed E-state index contributed by atoms with van der Waals surface area (Å²) in [7, 11) is 4.36. The number of nitrogens with zero attached hydrogens (tertiary/aromatic N) is 5. The summed E-state index contributed by atoms with van der Waals surface area (Å²) in [6.45, 7) is 19.9. The van der Waals surface area contributed by atoms with Crippen LogP contribution < -0.4 is 16.5 Å². The van der Waals surface area contributed by atoms with Gasteiger partial charge in [-0.2, -0.15) is 10.2 Å². The Labute approximate surface area is 535 Å². The van der Waals surface area contributed by atoms with E-state index in [2.05, 4.69) is 97.0 Å². The van der Waals surface area contributed by atoms with Gasteiger partial charge in [0.05, 0.1) is 57.1 Å². The van der Waals surface area contributed by atoms with Gasteiger partial charge in [-0.15, -0.1) is 5.10 Å². The van der Waals surface area contributed by atoms with E-state index in [0.29, 0.717) is 55.5 Å². The van der Waals surface area contributed by atoms with Crippen LogP contribution in [0.4, 0.5) is 0 Å². The SMILES string of the molecule is CC(C)(C)C1CCCCO1.COC(=O)[C@](C)(CO)C[C@@H](Cc1ccc(-c2ccccc2)cc1)NC(=O)C1=CCN=N1.COC(=O)[C@](C)(COC1CCCCO1)C[C@@H](Cc1ccc(-c2ccccc2)cc1)NC(=O)c1cn(C)nn1.Cc1oc(=O)oc1CC(C)(C)C. The van der Waals surface area contributed by atoms with Crippen molar-refractivity contribution in [2.75, 3.05) is 47.2 Å². The second-order valence-corrected chi connectivity index (χ2v) is 26.3. The lowest BCUT2D eigenvalue weighted by Crippen LogP contribution is -2.45. The molecule has 0 aliphatic carbocycles. The average Bonchev–Trinajstić information content (AvgIpc) is 1.75. The molecule has 3 N–H and O–H groups in total. The number of aromatic nitrogens is 3. The number of nitrogens with one attached hydrogen (secondary N) is 2. The number of hydrogen-bond acceptors (Lipinski definition) is 17. The molecule has 0 spiro atoms. The molecule has 4 aromatic carbocycles. The number of azo groups is 1. The summed E-state index contributed by atoms with van der Waals surface area (Å²) >= 11 is 0. The zero-order chi connectivity index (χ0) is 66.2. The van der Waals surface area contributed by atoms with Crippen LogP contribution in [-0.4, -0.2) is 116 Å². The molecule has 2 aromatic heterocycles. The summed E-state index contributed by atoms with van der Waals surface area (Å²) in [5, 5.41) is 31.3. The van der Waals surface area contributed by atoms with Crippen molar-refractivity contribution >= 4 is 23.8 Å². The zero-order valence-corrected chi connectivity index (χ0v) is 55.3. The van der Waals surface area contributed by atoms with Gasteiger partial charge >= 0.3 is 17.8 Å². The van der Waals surface area contributed by atoms with E-state index in [1.165, 1.54) is 38.2 Å². The molecule has 0 radical (unpaired) electrons. The van der Waals surface area contributed by atoms with Crippen LogP contribution in [0.3, 0.4) is 0 Å². The normalized spacial score (nSPS) is 17.5. The number of esters is 2. The molecular weight excluding hydrogens is 1160 g/mol. The van der Waals surface area contributed by atoms with Gasteiger partial charge in [0.2, 0.25) is 0 Å². The Morgan fingerprint density at radius 3 is 1.60 bits per heavy atom. The highest BCUT2D eigenvalue weighted by Crippen LogP contribution is 2.32. The van der Waals surface area contributed by atoms with Gasteiger partial charge in [0, 0.05) is 38.8 Å². The summed E-state index contributed by atoms with van der Waals surface area (Å²) < 4.78 is 38.5. The van der Waals surface area contributed by atoms with Crippen molar-refractivity contribution in [3.63, 3.8) is 0 Å². The molecule has 5 heterocycles. The Kier molecular flexibility index (Phi) is 27.4. The Morgan fingerprint density at radius 1 is 0.670 bits per heavy atom. The molecule has 3 aliphatic rings. The lowest BCUT2D eigenvalue weighted by atomic mass is 9.82. The van der Waals surface area contributed by atoms with E-state index in [-0.39, 0.29) is 54.5 Å². The number of rotatable bonds is 21. The highest BCUT2D eigenvalue weighted by molar-refractivity contribution is 5.93. The lowest BCUT2D eigenvalue weighted by molar-refractivity contribution is -0.189. The number of aliphatic hydroxyl groups excluding tert-OH is 1. The average molecular weight is 1250 g/mol. The number of hydrogen-bond donors (Lipinski definition) is 3.